The quantitative estimate of drug-likeness (QED) is 0.430. The Morgan fingerprint density at radius 2 is 1.83 bits per heavy atom. The van der Waals surface area contributed by atoms with Gasteiger partial charge in [-0.1, -0.05) is 50.5 Å². The number of aryl methyl sites for hydroxylation is 1. The fourth-order valence-corrected chi connectivity index (χ4v) is 6.08. The first-order valence-corrected chi connectivity index (χ1v) is 11.6. The summed E-state index contributed by atoms with van der Waals surface area (Å²) in [7, 11) is 0. The summed E-state index contributed by atoms with van der Waals surface area (Å²) in [5.74, 6) is 2.21. The van der Waals surface area contributed by atoms with Crippen molar-refractivity contribution in [3.05, 3.63) is 59.7 Å². The van der Waals surface area contributed by atoms with Crippen molar-refractivity contribution in [2.75, 3.05) is 0 Å². The molecule has 2 aromatic rings. The van der Waals surface area contributed by atoms with Crippen molar-refractivity contribution in [2.45, 2.75) is 77.0 Å². The van der Waals surface area contributed by atoms with Crippen LogP contribution in [-0.2, 0) is 6.42 Å². The van der Waals surface area contributed by atoms with Crippen LogP contribution < -0.4 is 0 Å². The van der Waals surface area contributed by atoms with E-state index in [-0.39, 0.29) is 5.39 Å². The van der Waals surface area contributed by atoms with Gasteiger partial charge in [-0.15, -0.1) is 6.58 Å². The van der Waals surface area contributed by atoms with Gasteiger partial charge in [-0.25, -0.2) is 8.78 Å². The van der Waals surface area contributed by atoms with Gasteiger partial charge in [0.15, 0.2) is 0 Å². The van der Waals surface area contributed by atoms with Crippen LogP contribution in [0.25, 0.3) is 10.8 Å². The molecule has 2 heteroatoms. The second kappa shape index (κ2) is 8.98. The van der Waals surface area contributed by atoms with Gasteiger partial charge in [-0.3, -0.25) is 0 Å². The Balaban J connectivity index is 1.54. The van der Waals surface area contributed by atoms with Crippen LogP contribution in [0, 0.1) is 29.4 Å². The third kappa shape index (κ3) is 4.27. The SMILES string of the molecule is C=CCCc1ccc2cc([C@@H]3CC[C@@H]4CC(CCC)CCC4C3)cc(F)c2c1F. The summed E-state index contributed by atoms with van der Waals surface area (Å²) in [5.41, 5.74) is 1.65. The first-order valence-electron chi connectivity index (χ1n) is 11.6. The van der Waals surface area contributed by atoms with Crippen LogP contribution in [0.2, 0.25) is 0 Å². The minimum absolute atomic E-state index is 0.157. The summed E-state index contributed by atoms with van der Waals surface area (Å²) in [6.45, 7) is 5.99. The Hall–Kier alpha value is -1.70. The standard InChI is InChI=1S/C27H34F2/c1-3-5-7-19-10-13-23-16-24(17-25(28)26(23)27(19)29)22-12-11-20-14-18(6-4-2)8-9-21(20)15-22/h3,10,13,16-18,20-22H,1,4-9,11-12,14-15H2,2H3/t18?,20-,21?,22-/m1/s1. The maximum absolute atomic E-state index is 15.0. The molecule has 0 aliphatic heterocycles. The van der Waals surface area contributed by atoms with Crippen LogP contribution >= 0.6 is 0 Å². The summed E-state index contributed by atoms with van der Waals surface area (Å²) >= 11 is 0. The van der Waals surface area contributed by atoms with Crippen molar-refractivity contribution >= 4 is 10.8 Å². The lowest BCUT2D eigenvalue weighted by Gasteiger charge is -2.42. The Morgan fingerprint density at radius 3 is 2.62 bits per heavy atom. The van der Waals surface area contributed by atoms with E-state index in [0.717, 1.165) is 29.7 Å². The molecular weight excluding hydrogens is 362 g/mol. The molecule has 29 heavy (non-hydrogen) atoms. The number of hydrogen-bond acceptors (Lipinski definition) is 0. The van der Waals surface area contributed by atoms with Gasteiger partial charge in [-0.2, -0.15) is 0 Å². The van der Waals surface area contributed by atoms with Crippen molar-refractivity contribution in [2.24, 2.45) is 17.8 Å². The highest BCUT2D eigenvalue weighted by Crippen LogP contribution is 2.48. The Morgan fingerprint density at radius 1 is 1.03 bits per heavy atom. The van der Waals surface area contributed by atoms with Gasteiger partial charge in [-0.05, 0) is 91.2 Å². The molecule has 0 aromatic heterocycles. The molecule has 2 unspecified atom stereocenters. The highest BCUT2D eigenvalue weighted by atomic mass is 19.1. The van der Waals surface area contributed by atoms with E-state index in [2.05, 4.69) is 13.5 Å². The Kier molecular flexibility index (Phi) is 6.37. The van der Waals surface area contributed by atoms with Crippen LogP contribution in [0.3, 0.4) is 0 Å². The molecule has 4 rings (SSSR count). The second-order valence-corrected chi connectivity index (χ2v) is 9.46. The number of benzene rings is 2. The monoisotopic (exact) mass is 396 g/mol. The number of rotatable bonds is 6. The van der Waals surface area contributed by atoms with Crippen molar-refractivity contribution in [1.29, 1.82) is 0 Å². The Bertz CT molecular complexity index is 868. The van der Waals surface area contributed by atoms with Gasteiger partial charge in [0.2, 0.25) is 0 Å². The van der Waals surface area contributed by atoms with E-state index in [9.17, 15) is 8.78 Å². The normalized spacial score (nSPS) is 27.0. The largest absolute Gasteiger partial charge is 0.206 e. The minimum Gasteiger partial charge on any atom is -0.206 e. The first-order chi connectivity index (χ1) is 14.1. The Labute approximate surface area is 174 Å². The molecule has 2 aliphatic rings. The van der Waals surface area contributed by atoms with Gasteiger partial charge < -0.3 is 0 Å². The number of fused-ring (bicyclic) bond motifs is 2. The van der Waals surface area contributed by atoms with Gasteiger partial charge in [0.05, 0.1) is 5.39 Å². The zero-order valence-electron chi connectivity index (χ0n) is 17.7. The highest BCUT2D eigenvalue weighted by molar-refractivity contribution is 5.85. The van der Waals surface area contributed by atoms with Crippen LogP contribution in [-0.4, -0.2) is 0 Å². The number of allylic oxidation sites excluding steroid dienone is 1. The van der Waals surface area contributed by atoms with Crippen molar-refractivity contribution in [3.63, 3.8) is 0 Å². The van der Waals surface area contributed by atoms with E-state index < -0.39 is 11.6 Å². The summed E-state index contributed by atoms with van der Waals surface area (Å²) in [6, 6.07) is 7.38. The molecule has 0 saturated heterocycles. The van der Waals surface area contributed by atoms with E-state index in [0.29, 0.717) is 29.7 Å². The second-order valence-electron chi connectivity index (χ2n) is 9.46. The van der Waals surface area contributed by atoms with Crippen LogP contribution in [0.15, 0.2) is 36.9 Å². The molecule has 4 atom stereocenters. The average molecular weight is 397 g/mol. The third-order valence-corrected chi connectivity index (χ3v) is 7.62. The van der Waals surface area contributed by atoms with Crippen LogP contribution in [0.1, 0.15) is 81.8 Å². The van der Waals surface area contributed by atoms with Gasteiger partial charge >= 0.3 is 0 Å². The first kappa shape index (κ1) is 20.6. The van der Waals surface area contributed by atoms with E-state index in [1.165, 1.54) is 44.9 Å². The van der Waals surface area contributed by atoms with E-state index in [4.69, 9.17) is 0 Å². The summed E-state index contributed by atoms with van der Waals surface area (Å²) < 4.78 is 29.8. The van der Waals surface area contributed by atoms with E-state index in [1.807, 2.05) is 18.2 Å². The predicted octanol–water partition coefficient (Wildman–Crippen LogP) is 8.34. The molecule has 0 heterocycles. The summed E-state index contributed by atoms with van der Waals surface area (Å²) in [6.07, 6.45) is 13.4. The lowest BCUT2D eigenvalue weighted by atomic mass is 9.63. The lowest BCUT2D eigenvalue weighted by Crippen LogP contribution is -2.30. The van der Waals surface area contributed by atoms with Gasteiger partial charge in [0.1, 0.15) is 11.6 Å². The molecule has 156 valence electrons. The van der Waals surface area contributed by atoms with Crippen LogP contribution in [0.5, 0.6) is 0 Å². The summed E-state index contributed by atoms with van der Waals surface area (Å²) in [4.78, 5) is 0. The number of halogens is 2. The molecule has 0 spiro atoms. The molecule has 0 radical (unpaired) electrons. The van der Waals surface area contributed by atoms with Crippen molar-refractivity contribution in [1.82, 2.24) is 0 Å². The van der Waals surface area contributed by atoms with Crippen molar-refractivity contribution < 1.29 is 8.78 Å². The molecule has 0 N–H and O–H groups in total. The minimum atomic E-state index is -0.399. The van der Waals surface area contributed by atoms with Gasteiger partial charge in [0.25, 0.3) is 0 Å². The molecule has 2 aromatic carbocycles. The maximum Gasteiger partial charge on any atom is 0.137 e. The smallest absolute Gasteiger partial charge is 0.137 e. The predicted molar refractivity (Wildman–Crippen MR) is 118 cm³/mol. The third-order valence-electron chi connectivity index (χ3n) is 7.62. The molecule has 2 aliphatic carbocycles. The highest BCUT2D eigenvalue weighted by Gasteiger charge is 2.36. The average Bonchev–Trinajstić information content (AvgIpc) is 2.73. The van der Waals surface area contributed by atoms with Crippen molar-refractivity contribution in [3.8, 4) is 0 Å². The molecule has 2 fully saturated rings. The van der Waals surface area contributed by atoms with Crippen LogP contribution in [0.4, 0.5) is 8.78 Å². The molecule has 0 amide bonds. The topological polar surface area (TPSA) is 0 Å². The van der Waals surface area contributed by atoms with E-state index in [1.54, 1.807) is 12.1 Å². The number of hydrogen-bond donors (Lipinski definition) is 0. The lowest BCUT2D eigenvalue weighted by molar-refractivity contribution is 0.114. The van der Waals surface area contributed by atoms with E-state index >= 15 is 0 Å². The van der Waals surface area contributed by atoms with Gasteiger partial charge in [0, 0.05) is 0 Å². The maximum atomic E-state index is 15.0. The molecular formula is C27H34F2. The fraction of sp³-hybridized carbons (Fsp3) is 0.556. The molecule has 2 saturated carbocycles. The molecule has 0 bridgehead atoms. The zero-order chi connectivity index (χ0) is 20.4. The summed E-state index contributed by atoms with van der Waals surface area (Å²) in [5, 5.41) is 0.859. The molecule has 0 nitrogen and oxygen atoms in total. The zero-order valence-corrected chi connectivity index (χ0v) is 17.7. The fourth-order valence-electron chi connectivity index (χ4n) is 6.08.